The van der Waals surface area contributed by atoms with Crippen LogP contribution in [0.25, 0.3) is 11.0 Å². The summed E-state index contributed by atoms with van der Waals surface area (Å²) in [6.45, 7) is 2.72. The molecule has 0 amide bonds. The Morgan fingerprint density at radius 2 is 2.10 bits per heavy atom. The van der Waals surface area contributed by atoms with Gasteiger partial charge in [0.05, 0.1) is 21.4 Å². The van der Waals surface area contributed by atoms with Crippen molar-refractivity contribution in [3.8, 4) is 0 Å². The SMILES string of the molecule is Cc1cccc(Cn2c(CCl)nc3cc(F)c(Br)cc32)c1. The fraction of sp³-hybridized carbons (Fsp3) is 0.188. The van der Waals surface area contributed by atoms with E-state index < -0.39 is 0 Å². The van der Waals surface area contributed by atoms with E-state index in [1.54, 1.807) is 6.07 Å². The number of alkyl halides is 1. The zero-order chi connectivity index (χ0) is 15.0. The predicted molar refractivity (Wildman–Crippen MR) is 87.2 cm³/mol. The number of rotatable bonds is 3. The lowest BCUT2D eigenvalue weighted by molar-refractivity contribution is 0.622. The molecule has 108 valence electrons. The molecule has 2 aromatic carbocycles. The molecule has 5 heteroatoms. The number of aryl methyl sites for hydroxylation is 1. The summed E-state index contributed by atoms with van der Waals surface area (Å²) in [5.41, 5.74) is 3.87. The van der Waals surface area contributed by atoms with Crippen molar-refractivity contribution in [3.63, 3.8) is 0 Å². The Morgan fingerprint density at radius 3 is 2.81 bits per heavy atom. The van der Waals surface area contributed by atoms with E-state index >= 15 is 0 Å². The molecule has 1 heterocycles. The molecule has 0 radical (unpaired) electrons. The summed E-state index contributed by atoms with van der Waals surface area (Å²) >= 11 is 9.22. The van der Waals surface area contributed by atoms with Crippen LogP contribution in [-0.4, -0.2) is 9.55 Å². The van der Waals surface area contributed by atoms with E-state index in [9.17, 15) is 4.39 Å². The smallest absolute Gasteiger partial charge is 0.139 e. The van der Waals surface area contributed by atoms with Gasteiger partial charge < -0.3 is 4.57 Å². The highest BCUT2D eigenvalue weighted by Crippen LogP contribution is 2.25. The number of aromatic nitrogens is 2. The number of hydrogen-bond acceptors (Lipinski definition) is 1. The molecule has 0 unspecified atom stereocenters. The van der Waals surface area contributed by atoms with Crippen LogP contribution in [0.3, 0.4) is 0 Å². The third kappa shape index (κ3) is 2.83. The van der Waals surface area contributed by atoms with Crippen LogP contribution in [0.15, 0.2) is 40.9 Å². The van der Waals surface area contributed by atoms with Crippen LogP contribution in [0.2, 0.25) is 0 Å². The first-order valence-electron chi connectivity index (χ1n) is 6.54. The molecule has 0 N–H and O–H groups in total. The Morgan fingerprint density at radius 1 is 1.29 bits per heavy atom. The molecule has 0 bridgehead atoms. The third-order valence-electron chi connectivity index (χ3n) is 3.41. The zero-order valence-corrected chi connectivity index (χ0v) is 13.7. The quantitative estimate of drug-likeness (QED) is 0.593. The van der Waals surface area contributed by atoms with E-state index in [1.165, 1.54) is 17.2 Å². The van der Waals surface area contributed by atoms with Gasteiger partial charge in [-0.15, -0.1) is 11.6 Å². The second kappa shape index (κ2) is 5.78. The molecule has 2 nitrogen and oxygen atoms in total. The Bertz CT molecular complexity index is 813. The fourth-order valence-electron chi connectivity index (χ4n) is 2.44. The first-order valence-corrected chi connectivity index (χ1v) is 7.87. The largest absolute Gasteiger partial charge is 0.322 e. The second-order valence-electron chi connectivity index (χ2n) is 4.99. The van der Waals surface area contributed by atoms with Crippen molar-refractivity contribution in [2.45, 2.75) is 19.3 Å². The van der Waals surface area contributed by atoms with E-state index in [-0.39, 0.29) is 5.82 Å². The van der Waals surface area contributed by atoms with Crippen molar-refractivity contribution in [1.82, 2.24) is 9.55 Å². The summed E-state index contributed by atoms with van der Waals surface area (Å²) in [5, 5.41) is 0. The minimum absolute atomic E-state index is 0.291. The maximum atomic E-state index is 13.6. The van der Waals surface area contributed by atoms with Crippen LogP contribution in [-0.2, 0) is 12.4 Å². The number of fused-ring (bicyclic) bond motifs is 1. The first kappa shape index (κ1) is 14.5. The van der Waals surface area contributed by atoms with Crippen molar-refractivity contribution < 1.29 is 4.39 Å². The summed E-state index contributed by atoms with van der Waals surface area (Å²) < 4.78 is 16.1. The van der Waals surface area contributed by atoms with E-state index in [1.807, 2.05) is 10.6 Å². The van der Waals surface area contributed by atoms with Crippen LogP contribution < -0.4 is 0 Å². The van der Waals surface area contributed by atoms with E-state index in [0.29, 0.717) is 22.4 Å². The van der Waals surface area contributed by atoms with Gasteiger partial charge in [0.15, 0.2) is 0 Å². The van der Waals surface area contributed by atoms with E-state index in [2.05, 4.69) is 46.0 Å². The topological polar surface area (TPSA) is 17.8 Å². The summed E-state index contributed by atoms with van der Waals surface area (Å²) in [6.07, 6.45) is 0. The summed E-state index contributed by atoms with van der Waals surface area (Å²) in [7, 11) is 0. The van der Waals surface area contributed by atoms with Crippen molar-refractivity contribution in [1.29, 1.82) is 0 Å². The van der Waals surface area contributed by atoms with Gasteiger partial charge in [-0.2, -0.15) is 0 Å². The number of imidazole rings is 1. The molecule has 0 spiro atoms. The molecule has 3 rings (SSSR count). The Labute approximate surface area is 135 Å². The number of nitrogens with zero attached hydrogens (tertiary/aromatic N) is 2. The third-order valence-corrected chi connectivity index (χ3v) is 4.26. The Hall–Kier alpha value is -1.39. The molecule has 1 aromatic heterocycles. The standard InChI is InChI=1S/C16H13BrClFN2/c1-10-3-2-4-11(5-10)9-21-15-6-12(17)13(19)7-14(15)20-16(21)8-18/h2-7H,8-9H2,1H3. The Balaban J connectivity index is 2.14. The van der Waals surface area contributed by atoms with Crippen LogP contribution in [0.4, 0.5) is 4.39 Å². The molecule has 0 aliphatic heterocycles. The van der Waals surface area contributed by atoms with Gasteiger partial charge >= 0.3 is 0 Å². The van der Waals surface area contributed by atoms with Gasteiger partial charge in [0.2, 0.25) is 0 Å². The van der Waals surface area contributed by atoms with Gasteiger partial charge in [-0.1, -0.05) is 29.8 Å². The van der Waals surface area contributed by atoms with Crippen molar-refractivity contribution in [3.05, 3.63) is 63.6 Å². The molecule has 0 saturated heterocycles. The first-order chi connectivity index (χ1) is 10.1. The summed E-state index contributed by atoms with van der Waals surface area (Å²) in [6, 6.07) is 11.5. The summed E-state index contributed by atoms with van der Waals surface area (Å²) in [4.78, 5) is 4.42. The lowest BCUT2D eigenvalue weighted by atomic mass is 10.1. The highest BCUT2D eigenvalue weighted by Gasteiger charge is 2.13. The van der Waals surface area contributed by atoms with Crippen LogP contribution >= 0.6 is 27.5 Å². The molecule has 0 atom stereocenters. The minimum Gasteiger partial charge on any atom is -0.322 e. The maximum absolute atomic E-state index is 13.6. The predicted octanol–water partition coefficient (Wildman–Crippen LogP) is 5.03. The average Bonchev–Trinajstić information content (AvgIpc) is 2.77. The Kier molecular flexibility index (Phi) is 4.00. The highest BCUT2D eigenvalue weighted by molar-refractivity contribution is 9.10. The zero-order valence-electron chi connectivity index (χ0n) is 11.4. The average molecular weight is 368 g/mol. The van der Waals surface area contributed by atoms with Crippen molar-refractivity contribution in [2.75, 3.05) is 0 Å². The maximum Gasteiger partial charge on any atom is 0.139 e. The van der Waals surface area contributed by atoms with Crippen LogP contribution in [0.5, 0.6) is 0 Å². The molecule has 0 aliphatic rings. The number of hydrogen-bond donors (Lipinski definition) is 0. The lowest BCUT2D eigenvalue weighted by Crippen LogP contribution is -2.04. The van der Waals surface area contributed by atoms with Gasteiger partial charge in [-0.25, -0.2) is 9.37 Å². The monoisotopic (exact) mass is 366 g/mol. The van der Waals surface area contributed by atoms with Gasteiger partial charge in [0.1, 0.15) is 11.6 Å². The molecular formula is C16H13BrClFN2. The minimum atomic E-state index is -0.316. The normalized spacial score (nSPS) is 11.2. The molecule has 0 saturated carbocycles. The highest BCUT2D eigenvalue weighted by atomic mass is 79.9. The number of halogens is 3. The van der Waals surface area contributed by atoms with Crippen molar-refractivity contribution >= 4 is 38.6 Å². The fourth-order valence-corrected chi connectivity index (χ4v) is 2.98. The van der Waals surface area contributed by atoms with Gasteiger partial charge in [0.25, 0.3) is 0 Å². The van der Waals surface area contributed by atoms with Crippen LogP contribution in [0, 0.1) is 12.7 Å². The van der Waals surface area contributed by atoms with Gasteiger partial charge in [-0.3, -0.25) is 0 Å². The molecule has 3 aromatic rings. The van der Waals surface area contributed by atoms with Gasteiger partial charge in [-0.05, 0) is 34.5 Å². The van der Waals surface area contributed by atoms with E-state index in [0.717, 1.165) is 11.3 Å². The van der Waals surface area contributed by atoms with Crippen LogP contribution in [0.1, 0.15) is 17.0 Å². The summed E-state index contributed by atoms with van der Waals surface area (Å²) in [5.74, 6) is 0.717. The number of benzene rings is 2. The molecule has 0 aliphatic carbocycles. The molecule has 21 heavy (non-hydrogen) atoms. The van der Waals surface area contributed by atoms with Gasteiger partial charge in [0, 0.05) is 12.6 Å². The molecular weight excluding hydrogens is 355 g/mol. The second-order valence-corrected chi connectivity index (χ2v) is 6.11. The molecule has 0 fully saturated rings. The van der Waals surface area contributed by atoms with E-state index in [4.69, 9.17) is 11.6 Å². The van der Waals surface area contributed by atoms with Crippen molar-refractivity contribution in [2.24, 2.45) is 0 Å². The lowest BCUT2D eigenvalue weighted by Gasteiger charge is -2.09.